The summed E-state index contributed by atoms with van der Waals surface area (Å²) in [6, 6.07) is 0. The molecule has 0 saturated heterocycles. The van der Waals surface area contributed by atoms with Crippen LogP contribution in [-0.4, -0.2) is 25.2 Å². The smallest absolute Gasteiger partial charge is 0.211 e. The molecule has 4 nitrogen and oxygen atoms in total. The molecule has 96 valence electrons. The number of hydrogen-bond acceptors (Lipinski definition) is 4. The number of unbranched alkanes of at least 4 members (excludes halogenated alkanes) is 8. The van der Waals surface area contributed by atoms with Crippen molar-refractivity contribution in [1.82, 2.24) is 0 Å². The summed E-state index contributed by atoms with van der Waals surface area (Å²) >= 11 is 0. The molecule has 0 aliphatic rings. The van der Waals surface area contributed by atoms with Gasteiger partial charge in [0.15, 0.2) is 0 Å². The van der Waals surface area contributed by atoms with Gasteiger partial charge < -0.3 is 0 Å². The predicted molar refractivity (Wildman–Crippen MR) is 67.5 cm³/mol. The number of nitrogens with zero attached hydrogens (tertiary/aromatic N) is 2. The highest BCUT2D eigenvalue weighted by atomic mass is 16.1. The predicted octanol–water partition coefficient (Wildman–Crippen LogP) is 3.17. The van der Waals surface area contributed by atoms with Crippen LogP contribution in [0.25, 0.3) is 0 Å². The number of rotatable bonds is 12. The van der Waals surface area contributed by atoms with Gasteiger partial charge in [0, 0.05) is 0 Å². The van der Waals surface area contributed by atoms with Crippen LogP contribution in [0.15, 0.2) is 9.98 Å². The van der Waals surface area contributed by atoms with Crippen molar-refractivity contribution in [1.29, 1.82) is 0 Å². The van der Waals surface area contributed by atoms with Gasteiger partial charge in [0.25, 0.3) is 0 Å². The molecule has 0 atom stereocenters. The summed E-state index contributed by atoms with van der Waals surface area (Å²) in [4.78, 5) is 26.6. The Balaban J connectivity index is 2.98. The molecule has 0 fully saturated rings. The first-order valence-electron chi connectivity index (χ1n) is 6.49. The molecule has 0 heterocycles. The minimum absolute atomic E-state index is 0.626. The van der Waals surface area contributed by atoms with Crippen LogP contribution < -0.4 is 0 Å². The van der Waals surface area contributed by atoms with Gasteiger partial charge in [0.05, 0.1) is 13.1 Å². The fourth-order valence-electron chi connectivity index (χ4n) is 1.71. The van der Waals surface area contributed by atoms with E-state index in [1.807, 2.05) is 0 Å². The second-order valence-electron chi connectivity index (χ2n) is 4.13. The Kier molecular flexibility index (Phi) is 13.7. The van der Waals surface area contributed by atoms with Crippen LogP contribution in [0, 0.1) is 0 Å². The van der Waals surface area contributed by atoms with Gasteiger partial charge in [0.1, 0.15) is 0 Å². The minimum Gasteiger partial charge on any atom is -0.211 e. The van der Waals surface area contributed by atoms with E-state index < -0.39 is 0 Å². The molecule has 0 unspecified atom stereocenters. The van der Waals surface area contributed by atoms with Gasteiger partial charge in [-0.3, -0.25) is 0 Å². The van der Waals surface area contributed by atoms with Crippen LogP contribution in [0.5, 0.6) is 0 Å². The second-order valence-corrected chi connectivity index (χ2v) is 4.13. The van der Waals surface area contributed by atoms with E-state index in [-0.39, 0.29) is 0 Å². The van der Waals surface area contributed by atoms with Crippen LogP contribution in [0.4, 0.5) is 0 Å². The first-order chi connectivity index (χ1) is 8.41. The Morgan fingerprint density at radius 3 is 1.12 bits per heavy atom. The molecule has 0 aromatic heterocycles. The molecule has 0 amide bonds. The van der Waals surface area contributed by atoms with E-state index in [1.165, 1.54) is 32.1 Å². The molecule has 0 aliphatic heterocycles. The zero-order valence-electron chi connectivity index (χ0n) is 10.5. The van der Waals surface area contributed by atoms with Crippen molar-refractivity contribution in [2.24, 2.45) is 9.98 Å². The summed E-state index contributed by atoms with van der Waals surface area (Å²) in [5, 5.41) is 0. The molecule has 0 spiro atoms. The van der Waals surface area contributed by atoms with Crippen molar-refractivity contribution in [2.75, 3.05) is 13.1 Å². The summed E-state index contributed by atoms with van der Waals surface area (Å²) in [5.41, 5.74) is 0. The van der Waals surface area contributed by atoms with Crippen LogP contribution in [0.1, 0.15) is 57.8 Å². The first kappa shape index (κ1) is 15.8. The molecular weight excluding hydrogens is 216 g/mol. The zero-order chi connectivity index (χ0) is 12.6. The third kappa shape index (κ3) is 14.8. The molecule has 0 aromatic rings. The summed E-state index contributed by atoms with van der Waals surface area (Å²) < 4.78 is 0. The number of hydrogen-bond donors (Lipinski definition) is 0. The summed E-state index contributed by atoms with van der Waals surface area (Å²) in [5.74, 6) is 0. The van der Waals surface area contributed by atoms with E-state index in [2.05, 4.69) is 9.98 Å². The summed E-state index contributed by atoms with van der Waals surface area (Å²) in [6.07, 6.45) is 13.6. The summed E-state index contributed by atoms with van der Waals surface area (Å²) in [7, 11) is 0. The first-order valence-corrected chi connectivity index (χ1v) is 6.49. The third-order valence-electron chi connectivity index (χ3n) is 2.67. The van der Waals surface area contributed by atoms with E-state index in [9.17, 15) is 9.59 Å². The quantitative estimate of drug-likeness (QED) is 0.298. The lowest BCUT2D eigenvalue weighted by Crippen LogP contribution is -1.85. The van der Waals surface area contributed by atoms with Crippen LogP contribution >= 0.6 is 0 Å². The number of isocyanates is 2. The Morgan fingerprint density at radius 1 is 0.529 bits per heavy atom. The molecule has 0 radical (unpaired) electrons. The van der Waals surface area contributed by atoms with Crippen molar-refractivity contribution in [2.45, 2.75) is 57.8 Å². The van der Waals surface area contributed by atoms with Gasteiger partial charge in [-0.25, -0.2) is 19.6 Å². The minimum atomic E-state index is 0.626. The average molecular weight is 238 g/mol. The summed E-state index contributed by atoms with van der Waals surface area (Å²) in [6.45, 7) is 1.25. The van der Waals surface area contributed by atoms with Crippen LogP contribution in [0.3, 0.4) is 0 Å². The maximum Gasteiger partial charge on any atom is 0.234 e. The highest BCUT2D eigenvalue weighted by Gasteiger charge is 1.92. The fraction of sp³-hybridized carbons (Fsp3) is 0.846. The second kappa shape index (κ2) is 14.8. The van der Waals surface area contributed by atoms with Crippen molar-refractivity contribution in [3.8, 4) is 0 Å². The van der Waals surface area contributed by atoms with Crippen molar-refractivity contribution >= 4 is 12.2 Å². The number of carbonyl (C=O) groups excluding carboxylic acids is 2. The van der Waals surface area contributed by atoms with Crippen molar-refractivity contribution in [3.05, 3.63) is 0 Å². The molecule has 0 aliphatic carbocycles. The van der Waals surface area contributed by atoms with Crippen LogP contribution in [0.2, 0.25) is 0 Å². The van der Waals surface area contributed by atoms with E-state index in [0.717, 1.165) is 25.7 Å². The van der Waals surface area contributed by atoms with E-state index in [4.69, 9.17) is 0 Å². The van der Waals surface area contributed by atoms with E-state index in [0.29, 0.717) is 13.1 Å². The van der Waals surface area contributed by atoms with Gasteiger partial charge in [-0.05, 0) is 12.8 Å². The fourth-order valence-corrected chi connectivity index (χ4v) is 1.71. The lowest BCUT2D eigenvalue weighted by molar-refractivity contribution is 0.552. The van der Waals surface area contributed by atoms with Gasteiger partial charge in [-0.1, -0.05) is 44.9 Å². The largest absolute Gasteiger partial charge is 0.234 e. The Labute approximate surface area is 103 Å². The Morgan fingerprint density at radius 2 is 0.824 bits per heavy atom. The monoisotopic (exact) mass is 238 g/mol. The number of aliphatic imine (C=N–C) groups is 2. The lowest BCUT2D eigenvalue weighted by atomic mass is 10.1. The van der Waals surface area contributed by atoms with Gasteiger partial charge >= 0.3 is 0 Å². The molecule has 0 bridgehead atoms. The maximum absolute atomic E-state index is 9.79. The molecular formula is C13H22N2O2. The highest BCUT2D eigenvalue weighted by molar-refractivity contribution is 5.32. The molecule has 0 saturated carbocycles. The highest BCUT2D eigenvalue weighted by Crippen LogP contribution is 2.09. The Bertz CT molecular complexity index is 228. The molecule has 4 heteroatoms. The lowest BCUT2D eigenvalue weighted by Gasteiger charge is -2.00. The zero-order valence-corrected chi connectivity index (χ0v) is 10.5. The normalized spacial score (nSPS) is 9.41. The topological polar surface area (TPSA) is 58.9 Å². The van der Waals surface area contributed by atoms with Gasteiger partial charge in [-0.2, -0.15) is 0 Å². The van der Waals surface area contributed by atoms with Gasteiger partial charge in [0.2, 0.25) is 12.2 Å². The molecule has 0 rings (SSSR count). The molecule has 0 N–H and O–H groups in total. The Hall–Kier alpha value is -1.24. The van der Waals surface area contributed by atoms with Gasteiger partial charge in [-0.15, -0.1) is 0 Å². The molecule has 17 heavy (non-hydrogen) atoms. The van der Waals surface area contributed by atoms with E-state index in [1.54, 1.807) is 12.2 Å². The SMILES string of the molecule is O=C=NCCCCCCCCCCCN=C=O. The van der Waals surface area contributed by atoms with Crippen LogP contribution in [-0.2, 0) is 9.59 Å². The van der Waals surface area contributed by atoms with Crippen molar-refractivity contribution in [3.63, 3.8) is 0 Å². The average Bonchev–Trinajstić information content (AvgIpc) is 2.35. The van der Waals surface area contributed by atoms with E-state index >= 15 is 0 Å². The van der Waals surface area contributed by atoms with Crippen molar-refractivity contribution < 1.29 is 9.59 Å². The molecule has 0 aromatic carbocycles. The maximum atomic E-state index is 9.79. The standard InChI is InChI=1S/C13H22N2O2/c16-12-14-10-8-6-4-2-1-3-5-7-9-11-15-13-17/h1-11H2. The third-order valence-corrected chi connectivity index (χ3v) is 2.67.